The Morgan fingerprint density at radius 2 is 2.33 bits per heavy atom. The lowest BCUT2D eigenvalue weighted by Gasteiger charge is -2.33. The van der Waals surface area contributed by atoms with Gasteiger partial charge in [0.05, 0.1) is 12.6 Å². The van der Waals surface area contributed by atoms with Gasteiger partial charge in [-0.25, -0.2) is 0 Å². The number of β-amino-alcohol motifs (C(OH)–C–C–N with tert-alkyl or cyclic N) is 1. The van der Waals surface area contributed by atoms with Gasteiger partial charge in [0.2, 0.25) is 5.91 Å². The van der Waals surface area contributed by atoms with Gasteiger partial charge >= 0.3 is 0 Å². The van der Waals surface area contributed by atoms with E-state index >= 15 is 0 Å². The van der Waals surface area contributed by atoms with Crippen molar-refractivity contribution >= 4 is 17.5 Å². The zero-order valence-corrected chi connectivity index (χ0v) is 13.1. The van der Waals surface area contributed by atoms with Crippen molar-refractivity contribution in [1.82, 2.24) is 10.2 Å². The molecule has 2 N–H and O–H groups in total. The van der Waals surface area contributed by atoms with Crippen LogP contribution in [0.1, 0.15) is 18.9 Å². The van der Waals surface area contributed by atoms with Crippen LogP contribution in [0.3, 0.4) is 0 Å². The maximum absolute atomic E-state index is 11.9. The largest absolute Gasteiger partial charge is 0.392 e. The molecule has 0 radical (unpaired) electrons. The third kappa shape index (κ3) is 5.30. The molecule has 1 heterocycles. The smallest absolute Gasteiger partial charge is 0.234 e. The highest BCUT2D eigenvalue weighted by molar-refractivity contribution is 6.30. The van der Waals surface area contributed by atoms with Crippen molar-refractivity contribution in [2.45, 2.75) is 25.9 Å². The predicted molar refractivity (Wildman–Crippen MR) is 84.4 cm³/mol. The fourth-order valence-electron chi connectivity index (χ4n) is 2.56. The quantitative estimate of drug-likeness (QED) is 0.870. The fraction of sp³-hybridized carbons (Fsp3) is 0.562. The van der Waals surface area contributed by atoms with Crippen molar-refractivity contribution in [3.05, 3.63) is 34.9 Å². The summed E-state index contributed by atoms with van der Waals surface area (Å²) in [5.41, 5.74) is 1.12. The summed E-state index contributed by atoms with van der Waals surface area (Å²) < 4.78 is 0. The van der Waals surface area contributed by atoms with Crippen LogP contribution in [0.2, 0.25) is 5.02 Å². The Morgan fingerprint density at radius 1 is 1.52 bits per heavy atom. The number of amides is 1. The van der Waals surface area contributed by atoms with E-state index in [1.54, 1.807) is 0 Å². The van der Waals surface area contributed by atoms with Crippen LogP contribution in [0.5, 0.6) is 0 Å². The van der Waals surface area contributed by atoms with E-state index in [-0.39, 0.29) is 12.0 Å². The van der Waals surface area contributed by atoms with Gasteiger partial charge in [-0.05, 0) is 43.0 Å². The number of likely N-dealkylation sites (tertiary alicyclic amines) is 1. The average Bonchev–Trinajstić information content (AvgIpc) is 2.43. The lowest BCUT2D eigenvalue weighted by atomic mass is 9.96. The van der Waals surface area contributed by atoms with Crippen LogP contribution in [-0.2, 0) is 11.2 Å². The summed E-state index contributed by atoms with van der Waals surface area (Å²) >= 11 is 5.92. The minimum absolute atomic E-state index is 0.0128. The van der Waals surface area contributed by atoms with Gasteiger partial charge in [0.15, 0.2) is 0 Å². The second kappa shape index (κ2) is 7.78. The van der Waals surface area contributed by atoms with Crippen molar-refractivity contribution in [2.75, 3.05) is 26.2 Å². The monoisotopic (exact) mass is 310 g/mol. The molecule has 0 spiro atoms. The van der Waals surface area contributed by atoms with Crippen LogP contribution in [0, 0.1) is 5.92 Å². The molecule has 2 rings (SSSR count). The van der Waals surface area contributed by atoms with Crippen molar-refractivity contribution in [3.8, 4) is 0 Å². The minimum Gasteiger partial charge on any atom is -0.392 e. The van der Waals surface area contributed by atoms with Gasteiger partial charge in [0, 0.05) is 18.1 Å². The predicted octanol–water partition coefficient (Wildman–Crippen LogP) is 1.70. The topological polar surface area (TPSA) is 52.6 Å². The van der Waals surface area contributed by atoms with E-state index in [4.69, 9.17) is 11.6 Å². The molecule has 1 aliphatic rings. The first-order valence-electron chi connectivity index (χ1n) is 7.46. The maximum Gasteiger partial charge on any atom is 0.234 e. The molecule has 21 heavy (non-hydrogen) atoms. The minimum atomic E-state index is -0.321. The molecule has 1 amide bonds. The van der Waals surface area contributed by atoms with E-state index in [1.165, 1.54) is 0 Å². The average molecular weight is 311 g/mol. The summed E-state index contributed by atoms with van der Waals surface area (Å²) in [6, 6.07) is 7.67. The molecule has 1 aromatic carbocycles. The normalized spacial score (nSPS) is 23.0. The second-order valence-electron chi connectivity index (χ2n) is 5.80. The molecule has 1 fully saturated rings. The molecule has 1 saturated heterocycles. The molecule has 2 atom stereocenters. The van der Waals surface area contributed by atoms with Gasteiger partial charge in [-0.15, -0.1) is 0 Å². The Kier molecular flexibility index (Phi) is 6.03. The Bertz CT molecular complexity index is 481. The maximum atomic E-state index is 11.9. The number of nitrogens with one attached hydrogen (secondary N) is 1. The number of carbonyl (C=O) groups excluding carboxylic acids is 1. The first-order valence-corrected chi connectivity index (χ1v) is 7.84. The van der Waals surface area contributed by atoms with Gasteiger partial charge in [0.1, 0.15) is 0 Å². The number of halogens is 1. The standard InChI is InChI=1S/C16H23ClN2O2/c1-12-6-8-19(10-15(12)20)11-16(21)18-7-5-13-3-2-4-14(17)9-13/h2-4,9,12,15,20H,5-8,10-11H2,1H3,(H,18,21). The number of rotatable bonds is 5. The molecule has 116 valence electrons. The highest BCUT2D eigenvalue weighted by Crippen LogP contribution is 2.16. The van der Waals surface area contributed by atoms with Crippen LogP contribution in [0.25, 0.3) is 0 Å². The summed E-state index contributed by atoms with van der Waals surface area (Å²) in [6.45, 7) is 4.47. The van der Waals surface area contributed by atoms with E-state index in [0.29, 0.717) is 25.6 Å². The number of aliphatic hydroxyl groups is 1. The summed E-state index contributed by atoms with van der Waals surface area (Å²) in [6.07, 6.45) is 1.39. The summed E-state index contributed by atoms with van der Waals surface area (Å²) in [5.74, 6) is 0.339. The third-order valence-electron chi connectivity index (χ3n) is 3.99. The Labute approximate surface area is 131 Å². The second-order valence-corrected chi connectivity index (χ2v) is 6.23. The lowest BCUT2D eigenvalue weighted by Crippen LogP contribution is -2.47. The van der Waals surface area contributed by atoms with E-state index < -0.39 is 0 Å². The number of benzene rings is 1. The first kappa shape index (κ1) is 16.3. The first-order chi connectivity index (χ1) is 10.0. The van der Waals surface area contributed by atoms with E-state index in [0.717, 1.165) is 30.0 Å². The molecule has 0 aliphatic carbocycles. The van der Waals surface area contributed by atoms with Crippen molar-refractivity contribution in [1.29, 1.82) is 0 Å². The number of piperidine rings is 1. The highest BCUT2D eigenvalue weighted by atomic mass is 35.5. The van der Waals surface area contributed by atoms with Crippen LogP contribution in [0.4, 0.5) is 0 Å². The Balaban J connectivity index is 1.68. The molecule has 5 heteroatoms. The molecule has 1 aliphatic heterocycles. The molecule has 0 bridgehead atoms. The Hall–Kier alpha value is -1.10. The van der Waals surface area contributed by atoms with Crippen LogP contribution in [-0.4, -0.2) is 48.2 Å². The van der Waals surface area contributed by atoms with Gasteiger partial charge in [-0.1, -0.05) is 30.7 Å². The van der Waals surface area contributed by atoms with Crippen LogP contribution < -0.4 is 5.32 Å². The summed E-state index contributed by atoms with van der Waals surface area (Å²) in [4.78, 5) is 13.9. The molecular formula is C16H23ClN2O2. The zero-order chi connectivity index (χ0) is 15.2. The molecule has 2 unspecified atom stereocenters. The van der Waals surface area contributed by atoms with Crippen LogP contribution in [0.15, 0.2) is 24.3 Å². The molecule has 4 nitrogen and oxygen atoms in total. The zero-order valence-electron chi connectivity index (χ0n) is 12.4. The van der Waals surface area contributed by atoms with E-state index in [9.17, 15) is 9.90 Å². The van der Waals surface area contributed by atoms with Gasteiger partial charge < -0.3 is 10.4 Å². The number of carbonyl (C=O) groups is 1. The third-order valence-corrected chi connectivity index (χ3v) is 4.23. The van der Waals surface area contributed by atoms with Gasteiger partial charge in [-0.2, -0.15) is 0 Å². The van der Waals surface area contributed by atoms with Crippen LogP contribution >= 0.6 is 11.6 Å². The van der Waals surface area contributed by atoms with Crippen molar-refractivity contribution < 1.29 is 9.90 Å². The van der Waals surface area contributed by atoms with Gasteiger partial charge in [-0.3, -0.25) is 9.69 Å². The molecule has 0 saturated carbocycles. The highest BCUT2D eigenvalue weighted by Gasteiger charge is 2.25. The Morgan fingerprint density at radius 3 is 3.05 bits per heavy atom. The number of hydrogen-bond donors (Lipinski definition) is 2. The van der Waals surface area contributed by atoms with Crippen molar-refractivity contribution in [2.24, 2.45) is 5.92 Å². The fourth-order valence-corrected chi connectivity index (χ4v) is 2.77. The summed E-state index contributed by atoms with van der Waals surface area (Å²) in [7, 11) is 0. The SMILES string of the molecule is CC1CCN(CC(=O)NCCc2cccc(Cl)c2)CC1O. The van der Waals surface area contributed by atoms with Crippen molar-refractivity contribution in [3.63, 3.8) is 0 Å². The van der Waals surface area contributed by atoms with E-state index in [2.05, 4.69) is 5.32 Å². The number of hydrogen-bond acceptors (Lipinski definition) is 3. The molecule has 0 aromatic heterocycles. The lowest BCUT2D eigenvalue weighted by molar-refractivity contribution is -0.123. The molecular weight excluding hydrogens is 288 g/mol. The number of nitrogens with zero attached hydrogens (tertiary/aromatic N) is 1. The summed E-state index contributed by atoms with van der Waals surface area (Å²) in [5, 5.41) is 13.5. The molecule has 1 aromatic rings. The number of aliphatic hydroxyl groups excluding tert-OH is 1. The van der Waals surface area contributed by atoms with E-state index in [1.807, 2.05) is 36.1 Å². The van der Waals surface area contributed by atoms with Gasteiger partial charge in [0.25, 0.3) is 0 Å².